The van der Waals surface area contributed by atoms with Gasteiger partial charge in [-0.25, -0.2) is 18.0 Å². The maximum absolute atomic E-state index is 13.6. The molecule has 3 amide bonds. The van der Waals surface area contributed by atoms with Gasteiger partial charge in [-0.3, -0.25) is 39.4 Å². The summed E-state index contributed by atoms with van der Waals surface area (Å²) in [6.45, 7) is 8.11. The summed E-state index contributed by atoms with van der Waals surface area (Å²) < 4.78 is 72.3. The summed E-state index contributed by atoms with van der Waals surface area (Å²) in [4.78, 5) is 110. The molecule has 10 heterocycles. The van der Waals surface area contributed by atoms with Crippen molar-refractivity contribution in [3.8, 4) is 27.8 Å². The van der Waals surface area contributed by atoms with Gasteiger partial charge in [0.2, 0.25) is 16.3 Å². The smallest absolute Gasteiger partial charge is 0.341 e. The standard InChI is InChI=1S/C29H28FN3O5S.C21H19FN4O4S.C20H20N2O6.C8H9FN2S.4CH4.ClH/c1-18-11-12-37-25-16-32-15-22(23(34)14-31-24(39)13-19-7-9-21(30)10-8-19)27(35)28(26(32)29(36)33(18)25)38-17-20-5-3-2-4-6-20;1-11-6-7-30-16-10-25-9-14(18(27)19(28)17(25)21(29)26(11)16)20-24-23-15(31-20)8-12-2-4-13(22)5-3-12;1-12-7-8-27-15-10-21-9-14(20(25)26)17(23)18(16(21)19(24)22(12)15)28-11-13-5-3-2-4-6-13;9-7-3-1-6(2-4-7)5-8(12)11-10;;;;;/h2-10,15,18,25H,11-14,16-17H2,1H3,(H,31,39);2-5,9,11,16,28H,6-8,10H2,1H3;2-6,9,12,15H,7-8,10-11H2,1H3,(H,25,26);1-4H,5,10H2,(H,11,12);4*1H4;1H/t18-,25+;11-,16+;12-,15+;;;;;;/m111....../s1. The van der Waals surface area contributed by atoms with Gasteiger partial charge in [0.1, 0.15) is 41.2 Å². The first-order chi connectivity index (χ1) is 52.9. The molecule has 115 heavy (non-hydrogen) atoms. The number of benzene rings is 5. The van der Waals surface area contributed by atoms with E-state index < -0.39 is 63.9 Å². The predicted octanol–water partition coefficient (Wildman–Crippen LogP) is 11.7. The van der Waals surface area contributed by atoms with Gasteiger partial charge in [-0.2, -0.15) is 0 Å². The number of fused-ring (bicyclic) bond motifs is 6. The van der Waals surface area contributed by atoms with Crippen molar-refractivity contribution >= 4 is 87.6 Å². The third kappa shape index (κ3) is 21.2. The highest BCUT2D eigenvalue weighted by atomic mass is 35.5. The molecular formula is C82H93ClF3N11O15S3. The number of nitrogens with one attached hydrogen (secondary N) is 2. The Labute approximate surface area is 684 Å². The van der Waals surface area contributed by atoms with E-state index in [1.165, 1.54) is 70.9 Å². The number of amides is 3. The maximum Gasteiger partial charge on any atom is 0.341 e. The molecule has 15 rings (SSSR count). The van der Waals surface area contributed by atoms with E-state index in [4.69, 9.17) is 54.0 Å². The quantitative estimate of drug-likeness (QED) is 0.0245. The van der Waals surface area contributed by atoms with Crippen molar-refractivity contribution in [1.29, 1.82) is 0 Å². The van der Waals surface area contributed by atoms with Crippen LogP contribution in [-0.4, -0.2) is 151 Å². The van der Waals surface area contributed by atoms with Crippen molar-refractivity contribution in [2.75, 3.05) is 26.4 Å². The first-order valence-electron chi connectivity index (χ1n) is 35.2. The maximum atomic E-state index is 13.6. The minimum absolute atomic E-state index is 0. The van der Waals surface area contributed by atoms with Crippen LogP contribution in [0.3, 0.4) is 0 Å². The van der Waals surface area contributed by atoms with Gasteiger partial charge >= 0.3 is 5.97 Å². The summed E-state index contributed by atoms with van der Waals surface area (Å²) in [6, 6.07) is 36.4. The van der Waals surface area contributed by atoms with Crippen LogP contribution in [0, 0.1) is 17.5 Å². The predicted molar refractivity (Wildman–Crippen MR) is 440 cm³/mol. The van der Waals surface area contributed by atoms with Crippen LogP contribution in [0.2, 0.25) is 0 Å². The fraction of sp³-hybridized carbons (Fsp3) is 0.341. The number of ketones is 1. The molecule has 6 N–H and O–H groups in total. The van der Waals surface area contributed by atoms with Gasteiger partial charge in [-0.15, -0.1) is 22.6 Å². The van der Waals surface area contributed by atoms with E-state index in [0.717, 1.165) is 27.8 Å². The number of halogens is 4. The van der Waals surface area contributed by atoms with Crippen molar-refractivity contribution in [2.24, 2.45) is 5.84 Å². The number of hydrazine groups is 1. The highest BCUT2D eigenvalue weighted by Crippen LogP contribution is 2.35. The number of nitrogens with zero attached hydrogens (tertiary/aromatic N) is 8. The van der Waals surface area contributed by atoms with Crippen LogP contribution in [0.4, 0.5) is 13.2 Å². The third-order valence-electron chi connectivity index (χ3n) is 19.1. The molecule has 0 saturated carbocycles. The molecular weight excluding hydrogens is 1570 g/mol. The van der Waals surface area contributed by atoms with Gasteiger partial charge in [-0.1, -0.05) is 163 Å². The lowest BCUT2D eigenvalue weighted by molar-refractivity contribution is -0.112. The number of hydrogen-bond acceptors (Lipinski definition) is 20. The van der Waals surface area contributed by atoms with Crippen LogP contribution in [0.25, 0.3) is 10.6 Å². The molecule has 6 aliphatic rings. The number of aromatic hydroxyl groups is 1. The fourth-order valence-electron chi connectivity index (χ4n) is 13.3. The average Bonchev–Trinajstić information content (AvgIpc) is 1.25. The van der Waals surface area contributed by atoms with Crippen LogP contribution in [0.5, 0.6) is 17.2 Å². The largest absolute Gasteiger partial charge is 0.503 e. The van der Waals surface area contributed by atoms with E-state index in [1.54, 1.807) is 60.2 Å². The van der Waals surface area contributed by atoms with Gasteiger partial charge in [0.15, 0.2) is 63.8 Å². The lowest BCUT2D eigenvalue weighted by Crippen LogP contribution is -2.57. The minimum atomic E-state index is -1.36. The molecule has 3 fully saturated rings. The molecule has 0 unspecified atom stereocenters. The number of nitrogens with two attached hydrogens (primary N) is 1. The number of Topliss-reactive ketones (excluding diaryl/α,β-unsaturated/α-hetero) is 1. The zero-order valence-electron chi connectivity index (χ0n) is 60.1. The van der Waals surface area contributed by atoms with Gasteiger partial charge in [0.25, 0.3) is 17.7 Å². The molecule has 33 heteroatoms. The van der Waals surface area contributed by atoms with E-state index in [9.17, 15) is 61.7 Å². The van der Waals surface area contributed by atoms with Crippen LogP contribution >= 0.6 is 48.2 Å². The van der Waals surface area contributed by atoms with Gasteiger partial charge in [-0.05, 0) is 104 Å². The number of thiocarbonyl (C=S) groups is 2. The molecule has 0 radical (unpaired) electrons. The van der Waals surface area contributed by atoms with E-state index in [-0.39, 0.29) is 162 Å². The summed E-state index contributed by atoms with van der Waals surface area (Å²) in [5.41, 5.74) is 4.26. The molecule has 0 bridgehead atoms. The molecule has 0 aliphatic carbocycles. The lowest BCUT2D eigenvalue weighted by Gasteiger charge is -2.44. The van der Waals surface area contributed by atoms with Crippen LogP contribution in [-0.2, 0) is 66.3 Å². The van der Waals surface area contributed by atoms with E-state index in [0.29, 0.717) is 84.9 Å². The van der Waals surface area contributed by atoms with Crippen molar-refractivity contribution in [1.82, 2.24) is 49.3 Å². The molecule has 6 aliphatic heterocycles. The number of carbonyl (C=O) groups excluding carboxylic acids is 4. The number of hydrogen-bond donors (Lipinski definition) is 5. The topological polar surface area (TPSA) is 324 Å². The minimum Gasteiger partial charge on any atom is -0.503 e. The van der Waals surface area contributed by atoms with E-state index in [2.05, 4.69) is 20.9 Å². The number of rotatable bonds is 17. The first kappa shape index (κ1) is 91.3. The molecule has 3 saturated heterocycles. The Morgan fingerprint density at radius 3 is 1.36 bits per heavy atom. The Bertz CT molecular complexity index is 5140. The highest BCUT2D eigenvalue weighted by molar-refractivity contribution is 7.80. The summed E-state index contributed by atoms with van der Waals surface area (Å²) in [7, 11) is 0. The molecule has 4 aromatic heterocycles. The Morgan fingerprint density at radius 2 is 0.930 bits per heavy atom. The molecule has 9 aromatic rings. The number of carbonyl (C=O) groups is 5. The Hall–Kier alpha value is -10.8. The number of ether oxygens (including phenoxy) is 5. The number of carboxylic acids is 1. The SMILES string of the molecule is C.C.C.C.C[C@@H]1CCO[C@H]2Cn3cc(-c4nnc(Cc5ccc(F)cc5)s4)c(=O)c(O)c3C(=O)N12.C[C@@H]1CCO[C@H]2Cn3cc(C(=O)CNC(=S)Cc4ccc(F)cc4)c(=O)c(OCc4ccccc4)c3C(=O)N12.C[C@@H]1CCO[C@H]2Cn3cc(C(=O)O)c(=O)c(OCc4ccccc4)c3C(=O)N12.Cl.NNC(=S)Cc1ccc(F)cc1. The van der Waals surface area contributed by atoms with Crippen LogP contribution < -0.4 is 42.3 Å². The number of aromatic carboxylic acids is 1. The molecule has 0 spiro atoms. The first-order valence-corrected chi connectivity index (χ1v) is 36.8. The van der Waals surface area contributed by atoms with Crippen molar-refractivity contribution in [3.05, 3.63) is 261 Å². The monoisotopic (exact) mass is 1660 g/mol. The Kier molecular flexibility index (Phi) is 32.5. The van der Waals surface area contributed by atoms with Crippen molar-refractivity contribution in [3.63, 3.8) is 0 Å². The van der Waals surface area contributed by atoms with Crippen LogP contribution in [0.1, 0.15) is 155 Å². The van der Waals surface area contributed by atoms with Crippen molar-refractivity contribution in [2.45, 2.75) is 159 Å². The summed E-state index contributed by atoms with van der Waals surface area (Å²) >= 11 is 11.4. The normalized spacial score (nSPS) is 17.8. The molecule has 6 atom stereocenters. The summed E-state index contributed by atoms with van der Waals surface area (Å²) in [5, 5.41) is 32.1. The number of carboxylic acid groups (broad SMARTS) is 1. The van der Waals surface area contributed by atoms with Gasteiger partial charge in [0.05, 0.1) is 67.1 Å². The second-order valence-corrected chi connectivity index (χ2v) is 28.7. The van der Waals surface area contributed by atoms with E-state index in [1.807, 2.05) is 81.4 Å². The molecule has 5 aromatic carbocycles. The fourth-order valence-corrected chi connectivity index (χ4v) is 14.6. The molecule has 26 nitrogen and oxygen atoms in total. The number of pyridine rings is 3. The Morgan fingerprint density at radius 1 is 0.539 bits per heavy atom. The second-order valence-electron chi connectivity index (χ2n) is 26.7. The Balaban J connectivity index is 0.000000220. The molecule has 612 valence electrons. The van der Waals surface area contributed by atoms with Gasteiger partial charge in [0, 0.05) is 56.0 Å². The lowest BCUT2D eigenvalue weighted by atomic mass is 10.0. The van der Waals surface area contributed by atoms with Gasteiger partial charge < -0.3 is 73.0 Å². The zero-order valence-corrected chi connectivity index (χ0v) is 63.4. The second kappa shape index (κ2) is 40.9. The number of aromatic nitrogens is 5. The summed E-state index contributed by atoms with van der Waals surface area (Å²) in [5.74, 6) is 0.178. The third-order valence-corrected chi connectivity index (χ3v) is 20.6. The van der Waals surface area contributed by atoms with E-state index >= 15 is 0 Å². The zero-order chi connectivity index (χ0) is 78.0. The highest BCUT2D eigenvalue weighted by Gasteiger charge is 2.45. The average molecular weight is 1660 g/mol. The summed E-state index contributed by atoms with van der Waals surface area (Å²) in [6.07, 6.45) is 6.12. The van der Waals surface area contributed by atoms with Crippen molar-refractivity contribution < 1.29 is 71.0 Å². The van der Waals surface area contributed by atoms with Crippen LogP contribution in [0.15, 0.2) is 166 Å².